The van der Waals surface area contributed by atoms with Gasteiger partial charge in [0.2, 0.25) is 5.91 Å². The molecule has 5 heteroatoms. The summed E-state index contributed by atoms with van der Waals surface area (Å²) in [5, 5.41) is 5.94. The topological polar surface area (TPSA) is 54.3 Å². The van der Waals surface area contributed by atoms with Crippen molar-refractivity contribution in [3.05, 3.63) is 52.0 Å². The van der Waals surface area contributed by atoms with E-state index in [1.807, 2.05) is 43.3 Å². The summed E-state index contributed by atoms with van der Waals surface area (Å²) in [4.78, 5) is 11.8. The molecular formula is C14H15IN2O2. The first kappa shape index (κ1) is 14.1. The molecule has 2 rings (SSSR count). The van der Waals surface area contributed by atoms with E-state index in [4.69, 9.17) is 4.42 Å². The zero-order valence-electron chi connectivity index (χ0n) is 10.5. The van der Waals surface area contributed by atoms with Crippen LogP contribution in [-0.2, 0) is 4.79 Å². The van der Waals surface area contributed by atoms with Crippen molar-refractivity contribution in [2.24, 2.45) is 0 Å². The second-order valence-electron chi connectivity index (χ2n) is 4.17. The van der Waals surface area contributed by atoms with Gasteiger partial charge >= 0.3 is 0 Å². The third kappa shape index (κ3) is 4.36. The van der Waals surface area contributed by atoms with E-state index in [1.165, 1.54) is 0 Å². The number of carbonyl (C=O) groups excluding carboxylic acids is 1. The van der Waals surface area contributed by atoms with Crippen LogP contribution in [-0.4, -0.2) is 12.5 Å². The van der Waals surface area contributed by atoms with Crippen LogP contribution in [0.4, 0.5) is 5.69 Å². The van der Waals surface area contributed by atoms with Crippen molar-refractivity contribution >= 4 is 34.2 Å². The molecular weight excluding hydrogens is 355 g/mol. The maximum atomic E-state index is 11.8. The van der Waals surface area contributed by atoms with Gasteiger partial charge in [0.25, 0.3) is 0 Å². The van der Waals surface area contributed by atoms with Crippen LogP contribution in [0.15, 0.2) is 47.1 Å². The second kappa shape index (κ2) is 6.72. The fourth-order valence-corrected chi connectivity index (χ4v) is 1.98. The first-order valence-electron chi connectivity index (χ1n) is 5.97. The van der Waals surface area contributed by atoms with E-state index in [2.05, 4.69) is 33.2 Å². The standard InChI is InChI=1S/C14H15IN2O2/c1-10(13-3-2-8-19-13)16-9-14(18)17-12-6-4-11(15)5-7-12/h2-8,10,16H,9H2,1H3,(H,17,18)/t10-/m1/s1. The first-order valence-corrected chi connectivity index (χ1v) is 7.05. The van der Waals surface area contributed by atoms with Crippen molar-refractivity contribution in [2.45, 2.75) is 13.0 Å². The fraction of sp³-hybridized carbons (Fsp3) is 0.214. The van der Waals surface area contributed by atoms with E-state index in [0.29, 0.717) is 0 Å². The van der Waals surface area contributed by atoms with Crippen LogP contribution < -0.4 is 10.6 Å². The van der Waals surface area contributed by atoms with Gasteiger partial charge in [0.15, 0.2) is 0 Å². The van der Waals surface area contributed by atoms with Crippen LogP contribution in [0.3, 0.4) is 0 Å². The Kier molecular flexibility index (Phi) is 4.98. The minimum atomic E-state index is -0.0698. The number of furan rings is 1. The number of benzene rings is 1. The Hall–Kier alpha value is -1.34. The Bertz CT molecular complexity index is 523. The van der Waals surface area contributed by atoms with E-state index in [1.54, 1.807) is 6.26 Å². The van der Waals surface area contributed by atoms with Gasteiger partial charge in [0, 0.05) is 9.26 Å². The Morgan fingerprint density at radius 3 is 2.68 bits per heavy atom. The van der Waals surface area contributed by atoms with Crippen molar-refractivity contribution in [2.75, 3.05) is 11.9 Å². The predicted octanol–water partition coefficient (Wildman–Crippen LogP) is 3.17. The highest BCUT2D eigenvalue weighted by Crippen LogP contribution is 2.12. The van der Waals surface area contributed by atoms with E-state index in [9.17, 15) is 4.79 Å². The molecule has 0 aliphatic carbocycles. The molecule has 19 heavy (non-hydrogen) atoms. The van der Waals surface area contributed by atoms with E-state index < -0.39 is 0 Å². The van der Waals surface area contributed by atoms with Gasteiger partial charge in [-0.15, -0.1) is 0 Å². The van der Waals surface area contributed by atoms with Gasteiger partial charge < -0.3 is 9.73 Å². The molecule has 1 amide bonds. The molecule has 4 nitrogen and oxygen atoms in total. The molecule has 2 N–H and O–H groups in total. The maximum absolute atomic E-state index is 11.8. The molecule has 1 atom stereocenters. The van der Waals surface area contributed by atoms with Gasteiger partial charge in [-0.05, 0) is 65.9 Å². The predicted molar refractivity (Wildman–Crippen MR) is 82.9 cm³/mol. The van der Waals surface area contributed by atoms with Crippen molar-refractivity contribution in [1.82, 2.24) is 5.32 Å². The largest absolute Gasteiger partial charge is 0.468 e. The minimum absolute atomic E-state index is 0.0115. The summed E-state index contributed by atoms with van der Waals surface area (Å²) < 4.78 is 6.40. The summed E-state index contributed by atoms with van der Waals surface area (Å²) in [6.07, 6.45) is 1.62. The first-order chi connectivity index (χ1) is 9.15. The number of carbonyl (C=O) groups is 1. The van der Waals surface area contributed by atoms with Crippen LogP contribution in [0.1, 0.15) is 18.7 Å². The normalized spacial score (nSPS) is 12.1. The van der Waals surface area contributed by atoms with E-state index in [0.717, 1.165) is 15.0 Å². The SMILES string of the molecule is C[C@@H](NCC(=O)Nc1ccc(I)cc1)c1ccco1. The molecule has 0 unspecified atom stereocenters. The number of hydrogen-bond acceptors (Lipinski definition) is 3. The average molecular weight is 370 g/mol. The van der Waals surface area contributed by atoms with Crippen LogP contribution in [0, 0.1) is 3.57 Å². The van der Waals surface area contributed by atoms with Crippen LogP contribution in [0.2, 0.25) is 0 Å². The van der Waals surface area contributed by atoms with Crippen LogP contribution >= 0.6 is 22.6 Å². The highest BCUT2D eigenvalue weighted by molar-refractivity contribution is 14.1. The molecule has 1 aromatic heterocycles. The number of halogens is 1. The summed E-state index contributed by atoms with van der Waals surface area (Å²) in [6.45, 7) is 2.20. The molecule has 0 bridgehead atoms. The Labute approximate surface area is 125 Å². The Morgan fingerprint density at radius 1 is 1.32 bits per heavy atom. The lowest BCUT2D eigenvalue weighted by molar-refractivity contribution is -0.115. The summed E-state index contributed by atoms with van der Waals surface area (Å²) in [6, 6.07) is 11.4. The number of amides is 1. The van der Waals surface area contributed by atoms with E-state index >= 15 is 0 Å². The van der Waals surface area contributed by atoms with Gasteiger partial charge in [0.05, 0.1) is 18.8 Å². The molecule has 0 spiro atoms. The summed E-state index contributed by atoms with van der Waals surface area (Å²) in [7, 11) is 0. The summed E-state index contributed by atoms with van der Waals surface area (Å²) in [5.74, 6) is 0.752. The molecule has 0 radical (unpaired) electrons. The number of rotatable bonds is 5. The molecule has 0 saturated carbocycles. The number of anilines is 1. The molecule has 1 heterocycles. The van der Waals surface area contributed by atoms with Gasteiger partial charge in [-0.25, -0.2) is 0 Å². The molecule has 100 valence electrons. The zero-order chi connectivity index (χ0) is 13.7. The Morgan fingerprint density at radius 2 is 2.05 bits per heavy atom. The molecule has 1 aromatic carbocycles. The van der Waals surface area contributed by atoms with Crippen LogP contribution in [0.25, 0.3) is 0 Å². The number of hydrogen-bond donors (Lipinski definition) is 2. The highest BCUT2D eigenvalue weighted by atomic mass is 127. The van der Waals surface area contributed by atoms with Crippen LogP contribution in [0.5, 0.6) is 0 Å². The van der Waals surface area contributed by atoms with Gasteiger partial charge in [-0.2, -0.15) is 0 Å². The molecule has 0 saturated heterocycles. The average Bonchev–Trinajstić information content (AvgIpc) is 2.93. The lowest BCUT2D eigenvalue weighted by atomic mass is 10.2. The lowest BCUT2D eigenvalue weighted by Crippen LogP contribution is -2.29. The molecule has 2 aromatic rings. The maximum Gasteiger partial charge on any atom is 0.238 e. The number of nitrogens with one attached hydrogen (secondary N) is 2. The molecule has 0 aliphatic heterocycles. The molecule has 0 fully saturated rings. The van der Waals surface area contributed by atoms with Crippen molar-refractivity contribution in [1.29, 1.82) is 0 Å². The second-order valence-corrected chi connectivity index (χ2v) is 5.42. The fourth-order valence-electron chi connectivity index (χ4n) is 1.62. The van der Waals surface area contributed by atoms with Crippen molar-refractivity contribution < 1.29 is 9.21 Å². The third-order valence-electron chi connectivity index (χ3n) is 2.67. The van der Waals surface area contributed by atoms with Gasteiger partial charge in [-0.1, -0.05) is 0 Å². The van der Waals surface area contributed by atoms with Crippen molar-refractivity contribution in [3.63, 3.8) is 0 Å². The van der Waals surface area contributed by atoms with Gasteiger partial charge in [-0.3, -0.25) is 10.1 Å². The van der Waals surface area contributed by atoms with E-state index in [-0.39, 0.29) is 18.5 Å². The zero-order valence-corrected chi connectivity index (χ0v) is 12.7. The van der Waals surface area contributed by atoms with Crippen molar-refractivity contribution in [3.8, 4) is 0 Å². The highest BCUT2D eigenvalue weighted by Gasteiger charge is 2.09. The minimum Gasteiger partial charge on any atom is -0.468 e. The quantitative estimate of drug-likeness (QED) is 0.795. The lowest BCUT2D eigenvalue weighted by Gasteiger charge is -2.11. The smallest absolute Gasteiger partial charge is 0.238 e. The summed E-state index contributed by atoms with van der Waals surface area (Å²) >= 11 is 2.23. The van der Waals surface area contributed by atoms with Gasteiger partial charge in [0.1, 0.15) is 5.76 Å². The molecule has 0 aliphatic rings. The monoisotopic (exact) mass is 370 g/mol. The Balaban J connectivity index is 1.80. The summed E-state index contributed by atoms with van der Waals surface area (Å²) in [5.41, 5.74) is 0.804. The third-order valence-corrected chi connectivity index (χ3v) is 3.39.